The fourth-order valence-corrected chi connectivity index (χ4v) is 2.48. The van der Waals surface area contributed by atoms with Gasteiger partial charge in [0.15, 0.2) is 0 Å². The Labute approximate surface area is 163 Å². The van der Waals surface area contributed by atoms with Gasteiger partial charge in [-0.2, -0.15) is 4.98 Å². The summed E-state index contributed by atoms with van der Waals surface area (Å²) in [7, 11) is 0. The zero-order chi connectivity index (χ0) is 19.6. The number of nitrogens with zero attached hydrogens (tertiary/aromatic N) is 4. The van der Waals surface area contributed by atoms with E-state index in [4.69, 9.17) is 9.26 Å². The van der Waals surface area contributed by atoms with Crippen molar-refractivity contribution in [3.63, 3.8) is 0 Å². The van der Waals surface area contributed by atoms with Crippen molar-refractivity contribution in [3.05, 3.63) is 54.3 Å². The lowest BCUT2D eigenvalue weighted by Crippen LogP contribution is -2.23. The number of rotatable bonds is 10. The minimum atomic E-state index is -0.105. The summed E-state index contributed by atoms with van der Waals surface area (Å²) in [6.07, 6.45) is 7.66. The summed E-state index contributed by atoms with van der Waals surface area (Å²) in [6, 6.07) is 7.33. The minimum Gasteiger partial charge on any atom is -0.477 e. The number of pyridine rings is 2. The van der Waals surface area contributed by atoms with Gasteiger partial charge in [0.1, 0.15) is 0 Å². The van der Waals surface area contributed by atoms with E-state index in [9.17, 15) is 4.79 Å². The zero-order valence-corrected chi connectivity index (χ0v) is 15.8. The van der Waals surface area contributed by atoms with Crippen molar-refractivity contribution in [2.75, 3.05) is 6.61 Å². The average Bonchev–Trinajstić information content (AvgIpc) is 3.21. The summed E-state index contributed by atoms with van der Waals surface area (Å²) in [4.78, 5) is 24.7. The van der Waals surface area contributed by atoms with Gasteiger partial charge >= 0.3 is 0 Å². The number of hydrogen-bond acceptors (Lipinski definition) is 7. The highest BCUT2D eigenvalue weighted by Crippen LogP contribution is 2.16. The summed E-state index contributed by atoms with van der Waals surface area (Å²) in [5.41, 5.74) is 1.67. The molecule has 146 valence electrons. The van der Waals surface area contributed by atoms with Gasteiger partial charge in [-0.05, 0) is 24.6 Å². The molecule has 1 amide bonds. The van der Waals surface area contributed by atoms with Crippen LogP contribution in [0.4, 0.5) is 0 Å². The van der Waals surface area contributed by atoms with Gasteiger partial charge < -0.3 is 14.6 Å². The van der Waals surface area contributed by atoms with E-state index in [-0.39, 0.29) is 12.3 Å². The lowest BCUT2D eigenvalue weighted by molar-refractivity contribution is -0.121. The Morgan fingerprint density at radius 1 is 1.21 bits per heavy atom. The number of carbonyl (C=O) groups excluding carboxylic acids is 1. The summed E-state index contributed by atoms with van der Waals surface area (Å²) >= 11 is 0. The largest absolute Gasteiger partial charge is 0.477 e. The molecule has 0 atom stereocenters. The van der Waals surface area contributed by atoms with E-state index in [0.29, 0.717) is 37.2 Å². The van der Waals surface area contributed by atoms with Crippen LogP contribution >= 0.6 is 0 Å². The average molecular weight is 381 g/mol. The number of hydrogen-bond donors (Lipinski definition) is 1. The molecule has 0 aliphatic rings. The Morgan fingerprint density at radius 2 is 2.07 bits per heavy atom. The van der Waals surface area contributed by atoms with Crippen molar-refractivity contribution in [1.82, 2.24) is 25.4 Å². The van der Waals surface area contributed by atoms with Gasteiger partial charge in [0, 0.05) is 49.1 Å². The first-order valence-corrected chi connectivity index (χ1v) is 9.32. The van der Waals surface area contributed by atoms with Gasteiger partial charge in [-0.15, -0.1) is 0 Å². The van der Waals surface area contributed by atoms with Crippen LogP contribution < -0.4 is 10.1 Å². The van der Waals surface area contributed by atoms with Crippen molar-refractivity contribution < 1.29 is 14.1 Å². The highest BCUT2D eigenvalue weighted by atomic mass is 16.5. The Morgan fingerprint density at radius 3 is 2.89 bits per heavy atom. The first-order chi connectivity index (χ1) is 13.8. The summed E-state index contributed by atoms with van der Waals surface area (Å²) in [6.45, 7) is 3.08. The summed E-state index contributed by atoms with van der Waals surface area (Å²) < 4.78 is 10.9. The van der Waals surface area contributed by atoms with Crippen LogP contribution in [-0.2, 0) is 17.8 Å². The number of unbranched alkanes of at least 4 members (excludes halogenated alkanes) is 1. The van der Waals surface area contributed by atoms with Crippen molar-refractivity contribution in [2.24, 2.45) is 0 Å². The molecule has 1 N–H and O–H groups in total. The highest BCUT2D eigenvalue weighted by Gasteiger charge is 2.11. The third kappa shape index (κ3) is 5.60. The molecule has 3 rings (SSSR count). The SMILES string of the molecule is CCCCOc1ncccc1CNC(=O)CCc1nc(-c2ccncc2)no1. The van der Waals surface area contributed by atoms with Gasteiger partial charge in [-0.1, -0.05) is 24.6 Å². The maximum Gasteiger partial charge on any atom is 0.227 e. The molecule has 0 aliphatic heterocycles. The van der Waals surface area contributed by atoms with E-state index in [1.807, 2.05) is 12.1 Å². The molecule has 3 aromatic rings. The molecule has 8 heteroatoms. The van der Waals surface area contributed by atoms with E-state index < -0.39 is 0 Å². The van der Waals surface area contributed by atoms with Gasteiger partial charge in [0.05, 0.1) is 6.61 Å². The predicted molar refractivity (Wildman–Crippen MR) is 102 cm³/mol. The van der Waals surface area contributed by atoms with Crippen LogP contribution in [0.3, 0.4) is 0 Å². The second-order valence-electron chi connectivity index (χ2n) is 6.19. The number of carbonyl (C=O) groups is 1. The monoisotopic (exact) mass is 381 g/mol. The molecular formula is C20H23N5O3. The maximum absolute atomic E-state index is 12.2. The Kier molecular flexibility index (Phi) is 7.06. The molecule has 0 unspecified atom stereocenters. The molecule has 0 saturated heterocycles. The van der Waals surface area contributed by atoms with Crippen LogP contribution in [0.1, 0.15) is 37.6 Å². The maximum atomic E-state index is 12.2. The summed E-state index contributed by atoms with van der Waals surface area (Å²) in [5.74, 6) is 1.37. The number of nitrogens with one attached hydrogen (secondary N) is 1. The fourth-order valence-electron chi connectivity index (χ4n) is 2.48. The minimum absolute atomic E-state index is 0.105. The first-order valence-electron chi connectivity index (χ1n) is 9.32. The molecule has 0 bridgehead atoms. The third-order valence-electron chi connectivity index (χ3n) is 4.04. The van der Waals surface area contributed by atoms with Gasteiger partial charge in [0.2, 0.25) is 23.5 Å². The Bertz CT molecular complexity index is 882. The smallest absolute Gasteiger partial charge is 0.227 e. The number of aromatic nitrogens is 4. The van der Waals surface area contributed by atoms with Crippen molar-refractivity contribution in [3.8, 4) is 17.3 Å². The normalized spacial score (nSPS) is 10.6. The number of amides is 1. The van der Waals surface area contributed by atoms with Crippen LogP contribution in [0.15, 0.2) is 47.4 Å². The van der Waals surface area contributed by atoms with Gasteiger partial charge in [0.25, 0.3) is 0 Å². The van der Waals surface area contributed by atoms with E-state index in [1.165, 1.54) is 0 Å². The number of aryl methyl sites for hydroxylation is 1. The zero-order valence-electron chi connectivity index (χ0n) is 15.8. The van der Waals surface area contributed by atoms with Crippen LogP contribution in [-0.4, -0.2) is 32.6 Å². The fraction of sp³-hybridized carbons (Fsp3) is 0.350. The van der Waals surface area contributed by atoms with E-state index in [0.717, 1.165) is 24.0 Å². The van der Waals surface area contributed by atoms with E-state index in [2.05, 4.69) is 32.3 Å². The van der Waals surface area contributed by atoms with Crippen LogP contribution in [0.5, 0.6) is 5.88 Å². The lowest BCUT2D eigenvalue weighted by atomic mass is 10.2. The third-order valence-corrected chi connectivity index (χ3v) is 4.04. The van der Waals surface area contributed by atoms with E-state index in [1.54, 1.807) is 30.7 Å². The molecule has 0 saturated carbocycles. The van der Waals surface area contributed by atoms with Crippen molar-refractivity contribution >= 4 is 5.91 Å². The predicted octanol–water partition coefficient (Wildman–Crippen LogP) is 2.95. The van der Waals surface area contributed by atoms with Crippen LogP contribution in [0.2, 0.25) is 0 Å². The van der Waals surface area contributed by atoms with Crippen molar-refractivity contribution in [2.45, 2.75) is 39.2 Å². The molecule has 0 aliphatic carbocycles. The molecule has 0 radical (unpaired) electrons. The first kappa shape index (κ1) is 19.5. The van der Waals surface area contributed by atoms with E-state index >= 15 is 0 Å². The van der Waals surface area contributed by atoms with Crippen molar-refractivity contribution in [1.29, 1.82) is 0 Å². The molecule has 3 aromatic heterocycles. The Balaban J connectivity index is 1.47. The second kappa shape index (κ2) is 10.1. The number of ether oxygens (including phenoxy) is 1. The lowest BCUT2D eigenvalue weighted by Gasteiger charge is -2.10. The Hall–Kier alpha value is -3.29. The standard InChI is InChI=1S/C20H23N5O3/c1-2-3-13-27-20-16(5-4-10-22-20)14-23-17(26)6-7-18-24-19(25-28-18)15-8-11-21-12-9-15/h4-5,8-12H,2-3,6-7,13-14H2,1H3,(H,23,26). The molecule has 0 spiro atoms. The molecular weight excluding hydrogens is 358 g/mol. The molecule has 8 nitrogen and oxygen atoms in total. The van der Waals surface area contributed by atoms with Crippen LogP contribution in [0, 0.1) is 0 Å². The van der Waals surface area contributed by atoms with Gasteiger partial charge in [-0.3, -0.25) is 9.78 Å². The highest BCUT2D eigenvalue weighted by molar-refractivity contribution is 5.76. The second-order valence-corrected chi connectivity index (χ2v) is 6.19. The van der Waals surface area contributed by atoms with Crippen LogP contribution in [0.25, 0.3) is 11.4 Å². The molecule has 0 aromatic carbocycles. The topological polar surface area (TPSA) is 103 Å². The molecule has 28 heavy (non-hydrogen) atoms. The quantitative estimate of drug-likeness (QED) is 0.539. The molecule has 0 fully saturated rings. The molecule has 3 heterocycles. The summed E-state index contributed by atoms with van der Waals surface area (Å²) in [5, 5.41) is 6.82. The van der Waals surface area contributed by atoms with Gasteiger partial charge in [-0.25, -0.2) is 4.98 Å².